The van der Waals surface area contributed by atoms with Crippen LogP contribution in [-0.4, -0.2) is 41.6 Å². The Kier molecular flexibility index (Phi) is 6.54. The fourth-order valence-electron chi connectivity index (χ4n) is 4.08. The third kappa shape index (κ3) is 4.82. The first kappa shape index (κ1) is 21.6. The normalized spacial score (nSPS) is 13.8. The second-order valence-electron chi connectivity index (χ2n) is 7.99. The zero-order valence-corrected chi connectivity index (χ0v) is 18.6. The van der Waals surface area contributed by atoms with Crippen molar-refractivity contribution in [1.29, 1.82) is 0 Å². The first-order valence-corrected chi connectivity index (χ1v) is 11.1. The molecule has 0 radical (unpaired) electrons. The van der Waals surface area contributed by atoms with Crippen LogP contribution in [0.25, 0.3) is 0 Å². The summed E-state index contributed by atoms with van der Waals surface area (Å²) in [4.78, 5) is 34.7. The molecule has 2 heterocycles. The lowest BCUT2D eigenvalue weighted by atomic mass is 10.1. The summed E-state index contributed by atoms with van der Waals surface area (Å²) in [5.74, 6) is 0.324. The maximum atomic E-state index is 12.8. The standard InChI is InChI=1S/C25H29N5O2/c1-3-20-9-7-8-12-22(20)27-23(31)18-30-24(32)17-19(2)26-25(30)29-15-13-28(14-16-29)21-10-5-4-6-11-21/h4-12,17H,3,13-16,18H2,1-2H3,(H,27,31). The minimum absolute atomic E-state index is 0.0710. The first-order chi connectivity index (χ1) is 15.5. The van der Waals surface area contributed by atoms with E-state index in [0.717, 1.165) is 43.9 Å². The molecule has 1 saturated heterocycles. The summed E-state index contributed by atoms with van der Waals surface area (Å²) in [7, 11) is 0. The lowest BCUT2D eigenvalue weighted by molar-refractivity contribution is -0.116. The van der Waals surface area contributed by atoms with Gasteiger partial charge < -0.3 is 15.1 Å². The summed E-state index contributed by atoms with van der Waals surface area (Å²) in [5, 5.41) is 2.96. The number of nitrogens with zero attached hydrogens (tertiary/aromatic N) is 4. The van der Waals surface area contributed by atoms with E-state index >= 15 is 0 Å². The van der Waals surface area contributed by atoms with Gasteiger partial charge in [-0.3, -0.25) is 14.2 Å². The molecule has 7 nitrogen and oxygen atoms in total. The average molecular weight is 432 g/mol. The smallest absolute Gasteiger partial charge is 0.255 e. The predicted octanol–water partition coefficient (Wildman–Crippen LogP) is 3.08. The van der Waals surface area contributed by atoms with E-state index in [0.29, 0.717) is 11.6 Å². The molecule has 2 aromatic carbocycles. The van der Waals surface area contributed by atoms with Crippen molar-refractivity contribution in [2.24, 2.45) is 0 Å². The highest BCUT2D eigenvalue weighted by Crippen LogP contribution is 2.19. The van der Waals surface area contributed by atoms with Crippen molar-refractivity contribution in [3.05, 3.63) is 82.3 Å². The van der Waals surface area contributed by atoms with Crippen molar-refractivity contribution < 1.29 is 4.79 Å². The summed E-state index contributed by atoms with van der Waals surface area (Å²) < 4.78 is 1.48. The van der Waals surface area contributed by atoms with Crippen LogP contribution in [0.4, 0.5) is 17.3 Å². The second kappa shape index (κ2) is 9.68. The van der Waals surface area contributed by atoms with Gasteiger partial charge in [-0.1, -0.05) is 43.3 Å². The Balaban J connectivity index is 1.51. The Morgan fingerprint density at radius 2 is 1.62 bits per heavy atom. The maximum Gasteiger partial charge on any atom is 0.255 e. The Morgan fingerprint density at radius 3 is 2.34 bits per heavy atom. The molecule has 7 heteroatoms. The first-order valence-electron chi connectivity index (χ1n) is 11.1. The van der Waals surface area contributed by atoms with Crippen LogP contribution < -0.4 is 20.7 Å². The Labute approximate surface area is 188 Å². The van der Waals surface area contributed by atoms with Crippen molar-refractivity contribution in [3.63, 3.8) is 0 Å². The van der Waals surface area contributed by atoms with Crippen molar-refractivity contribution in [2.75, 3.05) is 41.3 Å². The molecule has 166 valence electrons. The van der Waals surface area contributed by atoms with Gasteiger partial charge in [-0.05, 0) is 37.1 Å². The molecule has 0 atom stereocenters. The van der Waals surface area contributed by atoms with E-state index in [4.69, 9.17) is 0 Å². The molecule has 1 aromatic heterocycles. The van der Waals surface area contributed by atoms with E-state index in [-0.39, 0.29) is 18.0 Å². The summed E-state index contributed by atoms with van der Waals surface area (Å²) in [6.07, 6.45) is 0.819. The molecule has 0 spiro atoms. The van der Waals surface area contributed by atoms with Crippen LogP contribution >= 0.6 is 0 Å². The Hall–Kier alpha value is -3.61. The molecule has 1 aliphatic heterocycles. The average Bonchev–Trinajstić information content (AvgIpc) is 2.81. The van der Waals surface area contributed by atoms with Crippen molar-refractivity contribution >= 4 is 23.2 Å². The van der Waals surface area contributed by atoms with Gasteiger partial charge in [0, 0.05) is 49.3 Å². The second-order valence-corrected chi connectivity index (χ2v) is 7.99. The number of benzene rings is 2. The van der Waals surface area contributed by atoms with Gasteiger partial charge in [-0.2, -0.15) is 0 Å². The van der Waals surface area contributed by atoms with E-state index in [1.54, 1.807) is 0 Å². The van der Waals surface area contributed by atoms with Gasteiger partial charge >= 0.3 is 0 Å². The van der Waals surface area contributed by atoms with Gasteiger partial charge in [-0.25, -0.2) is 4.98 Å². The third-order valence-corrected chi connectivity index (χ3v) is 5.77. The summed E-state index contributed by atoms with van der Waals surface area (Å²) in [5.41, 5.74) is 3.48. The predicted molar refractivity (Wildman–Crippen MR) is 129 cm³/mol. The Morgan fingerprint density at radius 1 is 0.969 bits per heavy atom. The van der Waals surface area contributed by atoms with Gasteiger partial charge in [0.15, 0.2) is 0 Å². The van der Waals surface area contributed by atoms with Crippen LogP contribution in [-0.2, 0) is 17.8 Å². The van der Waals surface area contributed by atoms with Gasteiger partial charge in [0.1, 0.15) is 6.54 Å². The van der Waals surface area contributed by atoms with Gasteiger partial charge in [-0.15, -0.1) is 0 Å². The molecule has 1 aliphatic rings. The van der Waals surface area contributed by atoms with Crippen LogP contribution in [0.5, 0.6) is 0 Å². The number of aryl methyl sites for hydroxylation is 2. The van der Waals surface area contributed by atoms with E-state index in [1.165, 1.54) is 16.3 Å². The third-order valence-electron chi connectivity index (χ3n) is 5.77. The van der Waals surface area contributed by atoms with Crippen LogP contribution in [0.1, 0.15) is 18.2 Å². The minimum atomic E-state index is -0.233. The fourth-order valence-corrected chi connectivity index (χ4v) is 4.08. The monoisotopic (exact) mass is 431 g/mol. The molecular formula is C25H29N5O2. The van der Waals surface area contributed by atoms with Crippen LogP contribution in [0.3, 0.4) is 0 Å². The SMILES string of the molecule is CCc1ccccc1NC(=O)Cn1c(N2CCN(c3ccccc3)CC2)nc(C)cc1=O. The minimum Gasteiger partial charge on any atom is -0.368 e. The number of nitrogens with one attached hydrogen (secondary N) is 1. The van der Waals surface area contributed by atoms with Crippen LogP contribution in [0.2, 0.25) is 0 Å². The van der Waals surface area contributed by atoms with Gasteiger partial charge in [0.2, 0.25) is 11.9 Å². The van der Waals surface area contributed by atoms with Gasteiger partial charge in [0.05, 0.1) is 0 Å². The lowest BCUT2D eigenvalue weighted by Gasteiger charge is -2.37. The van der Waals surface area contributed by atoms with Crippen LogP contribution in [0, 0.1) is 6.92 Å². The molecule has 0 unspecified atom stereocenters. The Bertz CT molecular complexity index is 1130. The maximum absolute atomic E-state index is 12.8. The highest BCUT2D eigenvalue weighted by molar-refractivity contribution is 5.91. The lowest BCUT2D eigenvalue weighted by Crippen LogP contribution is -2.48. The summed E-state index contributed by atoms with van der Waals surface area (Å²) in [6.45, 7) is 6.89. The number of rotatable bonds is 6. The number of hydrogen-bond acceptors (Lipinski definition) is 5. The summed E-state index contributed by atoms with van der Waals surface area (Å²) in [6, 6.07) is 19.5. The topological polar surface area (TPSA) is 70.5 Å². The molecule has 32 heavy (non-hydrogen) atoms. The molecule has 3 aromatic rings. The number of piperazine rings is 1. The number of aromatic nitrogens is 2. The molecule has 0 saturated carbocycles. The molecule has 4 rings (SSSR count). The number of hydrogen-bond donors (Lipinski definition) is 1. The number of para-hydroxylation sites is 2. The summed E-state index contributed by atoms with van der Waals surface area (Å²) >= 11 is 0. The highest BCUT2D eigenvalue weighted by Gasteiger charge is 2.22. The molecule has 1 N–H and O–H groups in total. The molecule has 1 fully saturated rings. The van der Waals surface area contributed by atoms with Crippen LogP contribution in [0.15, 0.2) is 65.5 Å². The van der Waals surface area contributed by atoms with E-state index < -0.39 is 0 Å². The van der Waals surface area contributed by atoms with Gasteiger partial charge in [0.25, 0.3) is 5.56 Å². The van der Waals surface area contributed by atoms with E-state index in [1.807, 2.05) is 56.3 Å². The van der Waals surface area contributed by atoms with Crippen molar-refractivity contribution in [3.8, 4) is 0 Å². The zero-order valence-electron chi connectivity index (χ0n) is 18.6. The molecule has 0 bridgehead atoms. The zero-order chi connectivity index (χ0) is 22.5. The van der Waals surface area contributed by atoms with Crippen molar-refractivity contribution in [2.45, 2.75) is 26.8 Å². The molecule has 1 amide bonds. The highest BCUT2D eigenvalue weighted by atomic mass is 16.2. The quantitative estimate of drug-likeness (QED) is 0.650. The van der Waals surface area contributed by atoms with E-state index in [9.17, 15) is 9.59 Å². The fraction of sp³-hybridized carbons (Fsp3) is 0.320. The largest absolute Gasteiger partial charge is 0.368 e. The van der Waals surface area contributed by atoms with E-state index in [2.05, 4.69) is 32.2 Å². The number of anilines is 3. The molecular weight excluding hydrogens is 402 g/mol. The number of amides is 1. The molecule has 0 aliphatic carbocycles. The van der Waals surface area contributed by atoms with Crippen molar-refractivity contribution in [1.82, 2.24) is 9.55 Å². The number of carbonyl (C=O) groups excluding carboxylic acids is 1. The number of carbonyl (C=O) groups is 1.